The van der Waals surface area contributed by atoms with Crippen molar-refractivity contribution < 1.29 is 4.79 Å². The summed E-state index contributed by atoms with van der Waals surface area (Å²) in [6.45, 7) is 3.88. The van der Waals surface area contributed by atoms with Crippen molar-refractivity contribution >= 4 is 69.7 Å². The lowest BCUT2D eigenvalue weighted by Gasteiger charge is -2.11. The lowest BCUT2D eigenvalue weighted by molar-refractivity contribution is -0.119. The van der Waals surface area contributed by atoms with Crippen LogP contribution in [0.4, 0.5) is 0 Å². The van der Waals surface area contributed by atoms with Gasteiger partial charge in [-0.25, -0.2) is 0 Å². The van der Waals surface area contributed by atoms with E-state index in [9.17, 15) is 4.79 Å². The van der Waals surface area contributed by atoms with Crippen LogP contribution >= 0.6 is 58.1 Å². The highest BCUT2D eigenvalue weighted by Gasteiger charge is 2.10. The molecule has 1 amide bonds. The Morgan fingerprint density at radius 2 is 1.72 bits per heavy atom. The van der Waals surface area contributed by atoms with Crippen molar-refractivity contribution in [3.05, 3.63) is 76.3 Å². The number of amides is 1. The third kappa shape index (κ3) is 6.94. The predicted octanol–water partition coefficient (Wildman–Crippen LogP) is 5.52. The van der Waals surface area contributed by atoms with E-state index >= 15 is 0 Å². The first-order valence-corrected chi connectivity index (χ1v) is 11.9. The molecule has 0 aliphatic heterocycles. The maximum Gasteiger partial charge on any atom is 0.248 e. The van der Waals surface area contributed by atoms with E-state index in [0.717, 1.165) is 20.0 Å². The number of aromatic nitrogens is 2. The molecule has 10 heteroatoms. The number of rotatable bonds is 9. The van der Waals surface area contributed by atoms with Gasteiger partial charge < -0.3 is 0 Å². The summed E-state index contributed by atoms with van der Waals surface area (Å²) in [7, 11) is 0. The normalized spacial score (nSPS) is 10.6. The molecule has 1 heterocycles. The molecule has 0 saturated carbocycles. The van der Waals surface area contributed by atoms with Gasteiger partial charge in [0, 0.05) is 11.3 Å². The zero-order chi connectivity index (χ0) is 20.6. The summed E-state index contributed by atoms with van der Waals surface area (Å²) < 4.78 is 1.63. The molecule has 3 aromatic rings. The molecule has 5 nitrogen and oxygen atoms in total. The molecule has 1 aromatic heterocycles. The zero-order valence-corrected chi connectivity index (χ0v) is 19.0. The maximum atomic E-state index is 12.1. The molecular weight excluding hydrogens is 467 g/mol. The summed E-state index contributed by atoms with van der Waals surface area (Å²) in [5.41, 5.74) is 7.86. The molecule has 0 aliphatic carbocycles. The Labute approximate surface area is 191 Å². The molecule has 0 bridgehead atoms. The fraction of sp³-hybridized carbons (Fsp3) is 0.105. The minimum Gasteiger partial charge on any atom is -0.299 e. The van der Waals surface area contributed by atoms with Crippen LogP contribution in [0.3, 0.4) is 0 Å². The van der Waals surface area contributed by atoms with Gasteiger partial charge >= 0.3 is 0 Å². The number of hydrazine groups is 1. The summed E-state index contributed by atoms with van der Waals surface area (Å²) in [5, 5.41) is 9.17. The smallest absolute Gasteiger partial charge is 0.248 e. The summed E-state index contributed by atoms with van der Waals surface area (Å²) >= 11 is 16.3. The van der Waals surface area contributed by atoms with E-state index in [1.54, 1.807) is 30.0 Å². The van der Waals surface area contributed by atoms with Gasteiger partial charge in [-0.05, 0) is 17.7 Å². The molecule has 2 aromatic carbocycles. The predicted molar refractivity (Wildman–Crippen MR) is 123 cm³/mol. The molecule has 150 valence electrons. The van der Waals surface area contributed by atoms with E-state index in [-0.39, 0.29) is 11.7 Å². The Morgan fingerprint density at radius 1 is 1.00 bits per heavy atom. The minimum absolute atomic E-state index is 0.204. The van der Waals surface area contributed by atoms with Crippen LogP contribution in [0, 0.1) is 0 Å². The Kier molecular flexibility index (Phi) is 8.26. The summed E-state index contributed by atoms with van der Waals surface area (Å²) in [4.78, 5) is 12.1. The van der Waals surface area contributed by atoms with Gasteiger partial charge in [0.2, 0.25) is 5.91 Å². The van der Waals surface area contributed by atoms with Crippen LogP contribution in [0.25, 0.3) is 5.70 Å². The molecule has 2 N–H and O–H groups in total. The van der Waals surface area contributed by atoms with Gasteiger partial charge in [-0.3, -0.25) is 15.6 Å². The van der Waals surface area contributed by atoms with Gasteiger partial charge in [0.25, 0.3) is 0 Å². The lowest BCUT2D eigenvalue weighted by Crippen LogP contribution is -2.37. The Hall–Kier alpha value is -1.71. The van der Waals surface area contributed by atoms with Crippen molar-refractivity contribution in [3.63, 3.8) is 0 Å². The van der Waals surface area contributed by atoms with Gasteiger partial charge in [-0.15, -0.1) is 10.2 Å². The highest BCUT2D eigenvalue weighted by molar-refractivity contribution is 8.03. The van der Waals surface area contributed by atoms with Gasteiger partial charge in [-0.2, -0.15) is 0 Å². The van der Waals surface area contributed by atoms with Crippen LogP contribution in [0.2, 0.25) is 10.0 Å². The second-order valence-corrected chi connectivity index (χ2v) is 9.91. The third-order valence-electron chi connectivity index (χ3n) is 3.54. The number of halogens is 2. The number of carbonyl (C=O) groups is 1. The number of thioether (sulfide) groups is 2. The van der Waals surface area contributed by atoms with Crippen LogP contribution in [0.15, 0.2) is 63.8 Å². The SMILES string of the molecule is C=C(NNC(=O)CSc1nnc(SCc2ccccc2)s1)c1ccc(Cl)c(Cl)c1. The standard InChI is InChI=1S/C19H16Cl2N4OS3/c1-12(14-7-8-15(20)16(21)9-14)22-23-17(26)11-28-19-25-24-18(29-19)27-10-13-5-3-2-4-6-13/h2-9,22H,1,10-11H2,(H,23,26). The van der Waals surface area contributed by atoms with E-state index in [2.05, 4.69) is 39.8 Å². The topological polar surface area (TPSA) is 66.9 Å². The fourth-order valence-corrected chi connectivity index (χ4v) is 5.17. The van der Waals surface area contributed by atoms with Crippen molar-refractivity contribution in [2.75, 3.05) is 5.75 Å². The van der Waals surface area contributed by atoms with Crippen LogP contribution < -0.4 is 10.9 Å². The van der Waals surface area contributed by atoms with Crippen molar-refractivity contribution in [3.8, 4) is 0 Å². The molecule has 0 radical (unpaired) electrons. The van der Waals surface area contributed by atoms with E-state index in [1.165, 1.54) is 28.7 Å². The van der Waals surface area contributed by atoms with Gasteiger partial charge in [0.15, 0.2) is 8.68 Å². The fourth-order valence-electron chi connectivity index (χ4n) is 2.10. The molecule has 0 aliphatic rings. The average Bonchev–Trinajstić information content (AvgIpc) is 3.19. The third-order valence-corrected chi connectivity index (χ3v) is 7.54. The molecule has 0 atom stereocenters. The van der Waals surface area contributed by atoms with Crippen LogP contribution in [0.1, 0.15) is 11.1 Å². The molecule has 0 saturated heterocycles. The highest BCUT2D eigenvalue weighted by Crippen LogP contribution is 2.30. The number of benzene rings is 2. The number of carbonyl (C=O) groups excluding carboxylic acids is 1. The first-order chi connectivity index (χ1) is 14.0. The largest absolute Gasteiger partial charge is 0.299 e. The number of hydrogen-bond acceptors (Lipinski definition) is 7. The van der Waals surface area contributed by atoms with Crippen molar-refractivity contribution in [1.29, 1.82) is 0 Å². The molecular formula is C19H16Cl2N4OS3. The number of nitrogens with one attached hydrogen (secondary N) is 2. The second kappa shape index (κ2) is 10.9. The highest BCUT2D eigenvalue weighted by atomic mass is 35.5. The Morgan fingerprint density at radius 3 is 2.45 bits per heavy atom. The summed E-state index contributed by atoms with van der Waals surface area (Å²) in [6, 6.07) is 15.3. The van der Waals surface area contributed by atoms with Gasteiger partial charge in [0.05, 0.1) is 21.5 Å². The Balaban J connectivity index is 1.40. The molecule has 0 spiro atoms. The van der Waals surface area contributed by atoms with Crippen molar-refractivity contribution in [1.82, 2.24) is 21.0 Å². The Bertz CT molecular complexity index is 998. The summed E-state index contributed by atoms with van der Waals surface area (Å²) in [6.07, 6.45) is 0. The molecule has 3 rings (SSSR count). The monoisotopic (exact) mass is 482 g/mol. The van der Waals surface area contributed by atoms with Gasteiger partial charge in [-0.1, -0.05) is 101 Å². The molecule has 0 fully saturated rings. The lowest BCUT2D eigenvalue weighted by atomic mass is 10.2. The molecule has 0 unspecified atom stereocenters. The quantitative estimate of drug-likeness (QED) is 0.309. The zero-order valence-electron chi connectivity index (χ0n) is 15.0. The first-order valence-electron chi connectivity index (χ1n) is 8.33. The minimum atomic E-state index is -0.204. The second-order valence-electron chi connectivity index (χ2n) is 5.68. The van der Waals surface area contributed by atoms with E-state index in [1.807, 2.05) is 18.2 Å². The first kappa shape index (κ1) is 22.0. The molecule has 29 heavy (non-hydrogen) atoms. The maximum absolute atomic E-state index is 12.1. The van der Waals surface area contributed by atoms with Crippen LogP contribution in [0.5, 0.6) is 0 Å². The number of nitrogens with zero attached hydrogens (tertiary/aromatic N) is 2. The van der Waals surface area contributed by atoms with Crippen molar-refractivity contribution in [2.24, 2.45) is 0 Å². The van der Waals surface area contributed by atoms with Crippen molar-refractivity contribution in [2.45, 2.75) is 14.4 Å². The van der Waals surface area contributed by atoms with Crippen LogP contribution in [-0.4, -0.2) is 21.9 Å². The van der Waals surface area contributed by atoms with E-state index in [0.29, 0.717) is 15.7 Å². The van der Waals surface area contributed by atoms with Crippen LogP contribution in [-0.2, 0) is 10.5 Å². The van der Waals surface area contributed by atoms with E-state index < -0.39 is 0 Å². The number of hydrogen-bond donors (Lipinski definition) is 2. The average molecular weight is 483 g/mol. The summed E-state index contributed by atoms with van der Waals surface area (Å²) in [5.74, 6) is 0.839. The van der Waals surface area contributed by atoms with Gasteiger partial charge in [0.1, 0.15) is 0 Å². The van der Waals surface area contributed by atoms with E-state index in [4.69, 9.17) is 23.2 Å².